The average Bonchev–Trinajstić information content (AvgIpc) is 2.47. The third-order valence-electron chi connectivity index (χ3n) is 4.25. The Labute approximate surface area is 126 Å². The van der Waals surface area contributed by atoms with Gasteiger partial charge in [0.1, 0.15) is 0 Å². The normalized spacial score (nSPS) is 17.6. The fourth-order valence-corrected chi connectivity index (χ4v) is 2.83. The Morgan fingerprint density at radius 1 is 1.38 bits per heavy atom. The average molecular weight is 291 g/mol. The van der Waals surface area contributed by atoms with E-state index in [2.05, 4.69) is 4.90 Å². The highest BCUT2D eigenvalue weighted by Crippen LogP contribution is 2.30. The summed E-state index contributed by atoms with van der Waals surface area (Å²) < 4.78 is 0. The van der Waals surface area contributed by atoms with Crippen LogP contribution in [0.25, 0.3) is 0 Å². The van der Waals surface area contributed by atoms with E-state index in [0.29, 0.717) is 17.2 Å². The summed E-state index contributed by atoms with van der Waals surface area (Å²) in [4.78, 5) is 15.8. The van der Waals surface area contributed by atoms with E-state index >= 15 is 0 Å². The van der Waals surface area contributed by atoms with Gasteiger partial charge in [-0.05, 0) is 43.9 Å². The van der Waals surface area contributed by atoms with Crippen molar-refractivity contribution >= 4 is 17.3 Å². The zero-order valence-electron chi connectivity index (χ0n) is 13.0. The Bertz CT molecular complexity index is 506. The zero-order valence-corrected chi connectivity index (χ0v) is 13.0. The third kappa shape index (κ3) is 3.47. The van der Waals surface area contributed by atoms with E-state index < -0.39 is 0 Å². The van der Waals surface area contributed by atoms with Gasteiger partial charge in [-0.2, -0.15) is 0 Å². The number of anilines is 2. The maximum absolute atomic E-state index is 12.1. The molecule has 0 spiro atoms. The summed E-state index contributed by atoms with van der Waals surface area (Å²) in [5, 5.41) is 9.67. The number of carbonyl (C=O) groups is 1. The van der Waals surface area contributed by atoms with E-state index in [9.17, 15) is 9.90 Å². The van der Waals surface area contributed by atoms with Gasteiger partial charge in [-0.1, -0.05) is 0 Å². The minimum atomic E-state index is -0.258. The topological polar surface area (TPSA) is 69.8 Å². The summed E-state index contributed by atoms with van der Waals surface area (Å²) in [6.45, 7) is 3.57. The highest BCUT2D eigenvalue weighted by atomic mass is 16.3. The Morgan fingerprint density at radius 3 is 2.52 bits per heavy atom. The summed E-state index contributed by atoms with van der Waals surface area (Å²) >= 11 is 0. The van der Waals surface area contributed by atoms with Crippen LogP contribution in [0.4, 0.5) is 11.4 Å². The van der Waals surface area contributed by atoms with Crippen LogP contribution in [0.1, 0.15) is 30.1 Å². The molecule has 5 nitrogen and oxygen atoms in total. The van der Waals surface area contributed by atoms with Gasteiger partial charge in [0.25, 0.3) is 5.91 Å². The molecule has 0 bridgehead atoms. The van der Waals surface area contributed by atoms with Gasteiger partial charge < -0.3 is 20.6 Å². The molecule has 1 amide bonds. The number of carbonyl (C=O) groups excluding carboxylic acids is 1. The maximum Gasteiger partial charge on any atom is 0.253 e. The number of nitrogen functional groups attached to an aromatic ring is 1. The summed E-state index contributed by atoms with van der Waals surface area (Å²) in [6.07, 6.45) is 1.64. The van der Waals surface area contributed by atoms with Crippen molar-refractivity contribution in [3.8, 4) is 0 Å². The van der Waals surface area contributed by atoms with Crippen LogP contribution >= 0.6 is 0 Å². The van der Waals surface area contributed by atoms with Gasteiger partial charge in [0.2, 0.25) is 0 Å². The first-order valence-electron chi connectivity index (χ1n) is 7.44. The Morgan fingerprint density at radius 2 is 2.00 bits per heavy atom. The molecular formula is C16H25N3O2. The van der Waals surface area contributed by atoms with E-state index in [1.54, 1.807) is 31.1 Å². The molecule has 1 heterocycles. The molecule has 1 saturated heterocycles. The molecule has 1 atom stereocenters. The van der Waals surface area contributed by atoms with Crippen LogP contribution in [-0.2, 0) is 0 Å². The monoisotopic (exact) mass is 291 g/mol. The minimum Gasteiger partial charge on any atom is -0.397 e. The molecule has 0 aliphatic carbocycles. The molecule has 1 fully saturated rings. The molecule has 21 heavy (non-hydrogen) atoms. The van der Waals surface area contributed by atoms with E-state index in [0.717, 1.165) is 31.6 Å². The fraction of sp³-hybridized carbons (Fsp3) is 0.562. The fourth-order valence-electron chi connectivity index (χ4n) is 2.83. The first-order chi connectivity index (χ1) is 9.90. The lowest BCUT2D eigenvalue weighted by Crippen LogP contribution is -2.37. The highest BCUT2D eigenvalue weighted by Gasteiger charge is 2.24. The minimum absolute atomic E-state index is 0.0184. The van der Waals surface area contributed by atoms with Crippen molar-refractivity contribution in [1.82, 2.24) is 4.90 Å². The van der Waals surface area contributed by atoms with Gasteiger partial charge in [0.05, 0.1) is 17.5 Å². The number of hydrogen-bond acceptors (Lipinski definition) is 4. The lowest BCUT2D eigenvalue weighted by Gasteiger charge is -2.35. The van der Waals surface area contributed by atoms with Crippen molar-refractivity contribution < 1.29 is 9.90 Å². The second-order valence-electron chi connectivity index (χ2n) is 6.04. The number of hydrogen-bond donors (Lipinski definition) is 2. The molecule has 3 N–H and O–H groups in total. The molecule has 1 aromatic rings. The van der Waals surface area contributed by atoms with Crippen molar-refractivity contribution in [3.05, 3.63) is 23.8 Å². The number of amides is 1. The van der Waals surface area contributed by atoms with Crippen molar-refractivity contribution in [2.45, 2.75) is 25.9 Å². The van der Waals surface area contributed by atoms with Crippen molar-refractivity contribution in [2.75, 3.05) is 37.8 Å². The Balaban J connectivity index is 2.17. The van der Waals surface area contributed by atoms with Gasteiger partial charge >= 0.3 is 0 Å². The van der Waals surface area contributed by atoms with Crippen LogP contribution in [0.5, 0.6) is 0 Å². The van der Waals surface area contributed by atoms with Crippen molar-refractivity contribution in [3.63, 3.8) is 0 Å². The lowest BCUT2D eigenvalue weighted by molar-refractivity contribution is 0.0827. The van der Waals surface area contributed by atoms with Crippen LogP contribution in [0, 0.1) is 5.92 Å². The van der Waals surface area contributed by atoms with Crippen LogP contribution in [0.3, 0.4) is 0 Å². The molecule has 2 rings (SSSR count). The van der Waals surface area contributed by atoms with Crippen LogP contribution in [0.2, 0.25) is 0 Å². The first kappa shape index (κ1) is 15.6. The van der Waals surface area contributed by atoms with Crippen molar-refractivity contribution in [1.29, 1.82) is 0 Å². The number of nitrogens with two attached hydrogens (primary N) is 1. The Hall–Kier alpha value is -1.75. The molecule has 1 aliphatic rings. The van der Waals surface area contributed by atoms with E-state index in [-0.39, 0.29) is 12.0 Å². The number of rotatable bonds is 3. The SMILES string of the molecule is CC(O)C1CCN(c2cc(C(=O)N(C)C)ccc2N)CC1. The predicted octanol–water partition coefficient (Wildman–Crippen LogP) is 1.57. The smallest absolute Gasteiger partial charge is 0.253 e. The first-order valence-corrected chi connectivity index (χ1v) is 7.44. The number of aliphatic hydroxyl groups is 1. The number of nitrogens with zero attached hydrogens (tertiary/aromatic N) is 2. The molecule has 5 heteroatoms. The van der Waals surface area contributed by atoms with E-state index in [1.165, 1.54) is 0 Å². The molecule has 1 aliphatic heterocycles. The van der Waals surface area contributed by atoms with Gasteiger partial charge in [0, 0.05) is 32.7 Å². The number of piperidine rings is 1. The largest absolute Gasteiger partial charge is 0.397 e. The quantitative estimate of drug-likeness (QED) is 0.829. The second-order valence-corrected chi connectivity index (χ2v) is 6.04. The molecule has 0 radical (unpaired) electrons. The Kier molecular flexibility index (Phi) is 4.73. The maximum atomic E-state index is 12.1. The lowest BCUT2D eigenvalue weighted by atomic mass is 9.92. The standard InChI is InChI=1S/C16H25N3O2/c1-11(20)12-6-8-19(9-7-12)15-10-13(4-5-14(15)17)16(21)18(2)3/h4-5,10-12,20H,6-9,17H2,1-3H3. The molecular weight excluding hydrogens is 266 g/mol. The van der Waals surface area contributed by atoms with Crippen LogP contribution < -0.4 is 10.6 Å². The molecule has 1 aromatic carbocycles. The van der Waals surface area contributed by atoms with E-state index in [1.807, 2.05) is 13.0 Å². The van der Waals surface area contributed by atoms with E-state index in [4.69, 9.17) is 5.73 Å². The molecule has 116 valence electrons. The molecule has 1 unspecified atom stereocenters. The summed E-state index contributed by atoms with van der Waals surface area (Å²) in [5.41, 5.74) is 8.35. The predicted molar refractivity (Wildman–Crippen MR) is 85.5 cm³/mol. The number of benzene rings is 1. The third-order valence-corrected chi connectivity index (χ3v) is 4.25. The number of aliphatic hydroxyl groups excluding tert-OH is 1. The second kappa shape index (κ2) is 6.35. The summed E-state index contributed by atoms with van der Waals surface area (Å²) in [7, 11) is 3.49. The van der Waals surface area contributed by atoms with Crippen molar-refractivity contribution in [2.24, 2.45) is 5.92 Å². The highest BCUT2D eigenvalue weighted by molar-refractivity contribution is 5.96. The molecule has 0 saturated carbocycles. The van der Waals surface area contributed by atoms with Gasteiger partial charge in [-0.3, -0.25) is 4.79 Å². The van der Waals surface area contributed by atoms with Gasteiger partial charge in [0.15, 0.2) is 0 Å². The molecule has 0 aromatic heterocycles. The zero-order chi connectivity index (χ0) is 15.6. The summed E-state index contributed by atoms with van der Waals surface area (Å²) in [6, 6.07) is 5.44. The van der Waals surface area contributed by atoms with Gasteiger partial charge in [-0.25, -0.2) is 0 Å². The van der Waals surface area contributed by atoms with Crippen LogP contribution in [-0.4, -0.2) is 49.2 Å². The summed E-state index contributed by atoms with van der Waals surface area (Å²) in [5.74, 6) is 0.337. The van der Waals surface area contributed by atoms with Crippen LogP contribution in [0.15, 0.2) is 18.2 Å². The van der Waals surface area contributed by atoms with Gasteiger partial charge in [-0.15, -0.1) is 0 Å².